The molecule has 1 N–H and O–H groups in total. The molecule has 0 bridgehead atoms. The van der Waals surface area contributed by atoms with E-state index >= 15 is 0 Å². The molecule has 0 aromatic carbocycles. The Bertz CT molecular complexity index is 287. The molecule has 1 atom stereocenters. The first-order valence-electron chi connectivity index (χ1n) is 4.10. The summed E-state index contributed by atoms with van der Waals surface area (Å²) in [5, 5.41) is 8.18. The number of ether oxygens (including phenoxy) is 1. The Kier molecular flexibility index (Phi) is 3.66. The third-order valence-electron chi connectivity index (χ3n) is 1.80. The summed E-state index contributed by atoms with van der Waals surface area (Å²) in [6.45, 7) is 0.466. The van der Waals surface area contributed by atoms with Gasteiger partial charge in [0.05, 0.1) is 24.5 Å². The smallest absolute Gasteiger partial charge is 0.215 e. The summed E-state index contributed by atoms with van der Waals surface area (Å²) in [6.07, 6.45) is 1.50. The first kappa shape index (κ1) is 10.4. The summed E-state index contributed by atoms with van der Waals surface area (Å²) >= 11 is 0. The van der Waals surface area contributed by atoms with Crippen molar-refractivity contribution in [2.45, 2.75) is 18.9 Å². The van der Waals surface area contributed by atoms with Crippen LogP contribution in [0.3, 0.4) is 0 Å². The molecule has 1 aliphatic rings. The number of nitrogens with one attached hydrogen (secondary N) is 1. The van der Waals surface area contributed by atoms with Gasteiger partial charge in [-0.15, -0.1) is 0 Å². The molecule has 13 heavy (non-hydrogen) atoms. The van der Waals surface area contributed by atoms with E-state index in [2.05, 4.69) is 4.72 Å². The van der Waals surface area contributed by atoms with Crippen molar-refractivity contribution < 1.29 is 13.2 Å². The van der Waals surface area contributed by atoms with Gasteiger partial charge in [0.1, 0.15) is 0 Å². The van der Waals surface area contributed by atoms with Gasteiger partial charge in [0.2, 0.25) is 10.0 Å². The van der Waals surface area contributed by atoms with Crippen molar-refractivity contribution in [2.24, 2.45) is 0 Å². The summed E-state index contributed by atoms with van der Waals surface area (Å²) in [7, 11) is -3.32. The van der Waals surface area contributed by atoms with Gasteiger partial charge in [0.15, 0.2) is 0 Å². The van der Waals surface area contributed by atoms with Gasteiger partial charge < -0.3 is 4.74 Å². The van der Waals surface area contributed by atoms with Crippen LogP contribution in [0.4, 0.5) is 0 Å². The van der Waals surface area contributed by atoms with E-state index in [1.54, 1.807) is 6.07 Å². The SMILES string of the molecule is N#CCNS(=O)(=O)CC1CCCO1. The average Bonchev–Trinajstić information content (AvgIpc) is 2.52. The maximum atomic E-state index is 11.2. The maximum absolute atomic E-state index is 11.2. The molecule has 1 aliphatic heterocycles. The van der Waals surface area contributed by atoms with Crippen LogP contribution < -0.4 is 4.72 Å². The van der Waals surface area contributed by atoms with Crippen LogP contribution in [-0.4, -0.2) is 33.4 Å². The van der Waals surface area contributed by atoms with Crippen LogP contribution in [0.2, 0.25) is 0 Å². The highest BCUT2D eigenvalue weighted by Crippen LogP contribution is 2.13. The van der Waals surface area contributed by atoms with Gasteiger partial charge in [0, 0.05) is 6.61 Å². The summed E-state index contributed by atoms with van der Waals surface area (Å²) in [6, 6.07) is 1.72. The lowest BCUT2D eigenvalue weighted by atomic mass is 10.3. The molecule has 0 aromatic heterocycles. The molecular weight excluding hydrogens is 192 g/mol. The standard InChI is InChI=1S/C7H12N2O3S/c8-3-4-9-13(10,11)6-7-2-1-5-12-7/h7,9H,1-2,4-6H2. The molecule has 6 heteroatoms. The molecule has 0 amide bonds. The normalized spacial score (nSPS) is 22.8. The highest BCUT2D eigenvalue weighted by Gasteiger charge is 2.22. The second-order valence-electron chi connectivity index (χ2n) is 2.90. The number of hydrogen-bond acceptors (Lipinski definition) is 4. The second kappa shape index (κ2) is 4.56. The molecule has 1 fully saturated rings. The van der Waals surface area contributed by atoms with Crippen LogP contribution in [0.5, 0.6) is 0 Å². The van der Waals surface area contributed by atoms with Crippen LogP contribution in [0.25, 0.3) is 0 Å². The van der Waals surface area contributed by atoms with Crippen molar-refractivity contribution >= 4 is 10.0 Å². The van der Waals surface area contributed by atoms with Gasteiger partial charge in [-0.05, 0) is 12.8 Å². The molecule has 1 heterocycles. The topological polar surface area (TPSA) is 79.2 Å². The van der Waals surface area contributed by atoms with E-state index in [1.807, 2.05) is 0 Å². The fraction of sp³-hybridized carbons (Fsp3) is 0.857. The quantitative estimate of drug-likeness (QED) is 0.632. The van der Waals surface area contributed by atoms with E-state index < -0.39 is 10.0 Å². The fourth-order valence-corrected chi connectivity index (χ4v) is 2.38. The van der Waals surface area contributed by atoms with E-state index in [0.717, 1.165) is 12.8 Å². The molecule has 5 nitrogen and oxygen atoms in total. The van der Waals surface area contributed by atoms with Gasteiger partial charge in [-0.25, -0.2) is 13.1 Å². The Morgan fingerprint density at radius 1 is 1.62 bits per heavy atom. The lowest BCUT2D eigenvalue weighted by molar-refractivity contribution is 0.127. The number of nitrogens with zero attached hydrogens (tertiary/aromatic N) is 1. The molecule has 74 valence electrons. The number of sulfonamides is 1. The molecule has 1 unspecified atom stereocenters. The van der Waals surface area contributed by atoms with Gasteiger partial charge in [-0.1, -0.05) is 0 Å². The molecule has 0 saturated carbocycles. The molecule has 0 aromatic rings. The fourth-order valence-electron chi connectivity index (χ4n) is 1.22. The molecule has 0 radical (unpaired) electrons. The predicted molar refractivity (Wildman–Crippen MR) is 46.4 cm³/mol. The predicted octanol–water partition coefficient (Wildman–Crippen LogP) is -0.392. The zero-order valence-corrected chi connectivity index (χ0v) is 8.01. The summed E-state index contributed by atoms with van der Waals surface area (Å²) in [4.78, 5) is 0. The van der Waals surface area contributed by atoms with Crippen molar-refractivity contribution in [3.63, 3.8) is 0 Å². The van der Waals surface area contributed by atoms with Crippen LogP contribution >= 0.6 is 0 Å². The van der Waals surface area contributed by atoms with E-state index in [0.29, 0.717) is 6.61 Å². The maximum Gasteiger partial charge on any atom is 0.215 e. The van der Waals surface area contributed by atoms with Crippen LogP contribution in [0, 0.1) is 11.3 Å². The van der Waals surface area contributed by atoms with Crippen molar-refractivity contribution in [1.82, 2.24) is 4.72 Å². The number of rotatable bonds is 4. The molecule has 1 rings (SSSR count). The van der Waals surface area contributed by atoms with Gasteiger partial charge in [-0.3, -0.25) is 0 Å². The first-order valence-corrected chi connectivity index (χ1v) is 5.75. The summed E-state index contributed by atoms with van der Waals surface area (Å²) in [5.74, 6) is -0.0331. The molecule has 0 aliphatic carbocycles. The van der Waals surface area contributed by atoms with E-state index in [9.17, 15) is 8.42 Å². The van der Waals surface area contributed by atoms with Crippen LogP contribution in [0.1, 0.15) is 12.8 Å². The molecule has 0 spiro atoms. The Hall–Kier alpha value is -0.640. The Morgan fingerprint density at radius 3 is 2.92 bits per heavy atom. The first-order chi connectivity index (χ1) is 6.14. The molecular formula is C7H12N2O3S. The van der Waals surface area contributed by atoms with E-state index in [-0.39, 0.29) is 18.4 Å². The largest absolute Gasteiger partial charge is 0.377 e. The average molecular weight is 204 g/mol. The van der Waals surface area contributed by atoms with Gasteiger partial charge in [-0.2, -0.15) is 5.26 Å². The zero-order chi connectivity index (χ0) is 9.73. The monoisotopic (exact) mass is 204 g/mol. The third-order valence-corrected chi connectivity index (χ3v) is 3.20. The highest BCUT2D eigenvalue weighted by molar-refractivity contribution is 7.89. The summed E-state index contributed by atoms with van der Waals surface area (Å²) in [5.41, 5.74) is 0. The minimum atomic E-state index is -3.32. The zero-order valence-electron chi connectivity index (χ0n) is 7.19. The third kappa shape index (κ3) is 3.72. The van der Waals surface area contributed by atoms with Crippen molar-refractivity contribution in [3.8, 4) is 6.07 Å². The van der Waals surface area contributed by atoms with Gasteiger partial charge in [0.25, 0.3) is 0 Å². The lowest BCUT2D eigenvalue weighted by Gasteiger charge is -2.08. The van der Waals surface area contributed by atoms with Crippen molar-refractivity contribution in [1.29, 1.82) is 5.26 Å². The van der Waals surface area contributed by atoms with Crippen LogP contribution in [0.15, 0.2) is 0 Å². The molecule has 1 saturated heterocycles. The lowest BCUT2D eigenvalue weighted by Crippen LogP contribution is -2.32. The number of hydrogen-bond donors (Lipinski definition) is 1. The van der Waals surface area contributed by atoms with Gasteiger partial charge >= 0.3 is 0 Å². The van der Waals surface area contributed by atoms with E-state index in [4.69, 9.17) is 10.00 Å². The second-order valence-corrected chi connectivity index (χ2v) is 4.75. The van der Waals surface area contributed by atoms with Crippen LogP contribution in [-0.2, 0) is 14.8 Å². The number of nitriles is 1. The summed E-state index contributed by atoms with van der Waals surface area (Å²) < 4.78 is 29.7. The minimum Gasteiger partial charge on any atom is -0.377 e. The van der Waals surface area contributed by atoms with Crippen molar-refractivity contribution in [2.75, 3.05) is 18.9 Å². The van der Waals surface area contributed by atoms with E-state index in [1.165, 1.54) is 0 Å². The Morgan fingerprint density at radius 2 is 2.38 bits per heavy atom. The van der Waals surface area contributed by atoms with Crippen molar-refractivity contribution in [3.05, 3.63) is 0 Å². The minimum absolute atomic E-state index is 0.0331. The Labute approximate surface area is 77.7 Å². The highest BCUT2D eigenvalue weighted by atomic mass is 32.2. The Balaban J connectivity index is 2.37.